The molecule has 0 heterocycles. The maximum atomic E-state index is 13.6. The minimum atomic E-state index is -1.71. The molecule has 29 heavy (non-hydrogen) atoms. The van der Waals surface area contributed by atoms with E-state index in [0.29, 0.717) is 24.2 Å². The summed E-state index contributed by atoms with van der Waals surface area (Å²) in [4.78, 5) is 23.8. The second kappa shape index (κ2) is 10.4. The average molecular weight is 411 g/mol. The second-order valence-corrected chi connectivity index (χ2v) is 5.85. The van der Waals surface area contributed by atoms with Crippen LogP contribution < -0.4 is 14.8 Å². The monoisotopic (exact) mass is 411 g/mol. The summed E-state index contributed by atoms with van der Waals surface area (Å²) in [7, 11) is 0. The van der Waals surface area contributed by atoms with Gasteiger partial charge in [-0.15, -0.1) is 0 Å². The molecule has 0 radical (unpaired) electrons. The van der Waals surface area contributed by atoms with Crippen molar-refractivity contribution in [2.45, 2.75) is 26.4 Å². The predicted octanol–water partition coefficient (Wildman–Crippen LogP) is 3.84. The number of hydrogen-bond acceptors (Lipinski definition) is 5. The molecule has 0 spiro atoms. The third-order valence-electron chi connectivity index (χ3n) is 3.68. The van der Waals surface area contributed by atoms with Gasteiger partial charge in [-0.1, -0.05) is 0 Å². The van der Waals surface area contributed by atoms with Crippen molar-refractivity contribution < 1.29 is 37.0 Å². The first-order valence-electron chi connectivity index (χ1n) is 8.81. The fourth-order valence-corrected chi connectivity index (χ4v) is 2.22. The molecule has 6 nitrogen and oxygen atoms in total. The Bertz CT molecular complexity index is 858. The van der Waals surface area contributed by atoms with Gasteiger partial charge < -0.3 is 19.5 Å². The quantitative estimate of drug-likeness (QED) is 0.501. The van der Waals surface area contributed by atoms with E-state index in [1.807, 2.05) is 12.2 Å². The van der Waals surface area contributed by atoms with E-state index < -0.39 is 41.1 Å². The lowest BCUT2D eigenvalue weighted by Gasteiger charge is -2.14. The molecule has 0 saturated heterocycles. The number of anilines is 1. The molecule has 1 N–H and O–H groups in total. The highest BCUT2D eigenvalue weighted by Crippen LogP contribution is 2.20. The van der Waals surface area contributed by atoms with Crippen molar-refractivity contribution in [2.24, 2.45) is 0 Å². The lowest BCUT2D eigenvalue weighted by atomic mass is 10.2. The minimum absolute atomic E-state index is 0.0129. The van der Waals surface area contributed by atoms with Gasteiger partial charge in [-0.25, -0.2) is 13.2 Å². The van der Waals surface area contributed by atoms with E-state index in [2.05, 4.69) is 0 Å². The number of carbonyl (C=O) groups is 2. The molecule has 0 aliphatic heterocycles. The Kier molecular flexibility index (Phi) is 7.88. The van der Waals surface area contributed by atoms with Gasteiger partial charge in [-0.3, -0.25) is 9.59 Å². The molecule has 0 aliphatic rings. The van der Waals surface area contributed by atoms with E-state index in [-0.39, 0.29) is 13.0 Å². The van der Waals surface area contributed by atoms with Crippen molar-refractivity contribution in [1.82, 2.24) is 0 Å². The van der Waals surface area contributed by atoms with Crippen LogP contribution in [-0.4, -0.2) is 31.2 Å². The highest BCUT2D eigenvalue weighted by molar-refractivity contribution is 5.95. The van der Waals surface area contributed by atoms with Crippen molar-refractivity contribution in [3.8, 4) is 11.5 Å². The fraction of sp³-hybridized carbons (Fsp3) is 0.300. The molecular formula is C20H20F3NO5. The first-order chi connectivity index (χ1) is 13.8. The van der Waals surface area contributed by atoms with Crippen LogP contribution in [0.1, 0.15) is 20.3 Å². The number of amides is 1. The Morgan fingerprint density at radius 3 is 2.21 bits per heavy atom. The van der Waals surface area contributed by atoms with E-state index in [9.17, 15) is 22.8 Å². The highest BCUT2D eigenvalue weighted by Gasteiger charge is 2.21. The fourth-order valence-electron chi connectivity index (χ4n) is 2.22. The number of rotatable bonds is 9. The minimum Gasteiger partial charge on any atom is -0.494 e. The number of ether oxygens (including phenoxy) is 3. The molecule has 1 unspecified atom stereocenters. The number of esters is 1. The van der Waals surface area contributed by atoms with Gasteiger partial charge in [-0.05, 0) is 50.2 Å². The Hall–Kier alpha value is -3.23. The zero-order valence-corrected chi connectivity index (χ0v) is 15.8. The first kappa shape index (κ1) is 22.1. The highest BCUT2D eigenvalue weighted by atomic mass is 19.2. The van der Waals surface area contributed by atoms with Crippen molar-refractivity contribution in [3.05, 3.63) is 53.8 Å². The van der Waals surface area contributed by atoms with Gasteiger partial charge in [0.25, 0.3) is 5.91 Å². The van der Waals surface area contributed by atoms with Crippen molar-refractivity contribution >= 4 is 17.6 Å². The Balaban J connectivity index is 1.78. The van der Waals surface area contributed by atoms with E-state index >= 15 is 0 Å². The first-order valence-corrected chi connectivity index (χ1v) is 8.81. The number of nitrogens with one attached hydrogen (secondary N) is 1. The molecule has 2 rings (SSSR count). The summed E-state index contributed by atoms with van der Waals surface area (Å²) in [6.07, 6.45) is -1.41. The van der Waals surface area contributed by atoms with Crippen LogP contribution in [0.5, 0.6) is 11.5 Å². The van der Waals surface area contributed by atoms with E-state index in [0.717, 1.165) is 6.07 Å². The maximum absolute atomic E-state index is 13.6. The molecule has 2 aromatic carbocycles. The number of carbonyl (C=O) groups excluding carboxylic acids is 2. The van der Waals surface area contributed by atoms with Crippen LogP contribution in [0.3, 0.4) is 0 Å². The standard InChI is InChI=1S/C20H20F3NO5/c1-3-27-13-4-6-14(7-5-13)28-11-10-17(25)29-12(2)20(26)24-16-9-8-15(21)18(22)19(16)23/h4-9,12H,3,10-11H2,1-2H3,(H,24,26). The molecule has 156 valence electrons. The van der Waals surface area contributed by atoms with Gasteiger partial charge >= 0.3 is 5.97 Å². The molecule has 0 saturated carbocycles. The van der Waals surface area contributed by atoms with Crippen molar-refractivity contribution in [3.63, 3.8) is 0 Å². The van der Waals surface area contributed by atoms with Crippen molar-refractivity contribution in [2.75, 3.05) is 18.5 Å². The van der Waals surface area contributed by atoms with Crippen molar-refractivity contribution in [1.29, 1.82) is 0 Å². The zero-order valence-electron chi connectivity index (χ0n) is 15.8. The molecule has 1 atom stereocenters. The van der Waals surface area contributed by atoms with Gasteiger partial charge in [0, 0.05) is 0 Å². The summed E-state index contributed by atoms with van der Waals surface area (Å²) in [5.41, 5.74) is -0.560. The summed E-state index contributed by atoms with van der Waals surface area (Å²) in [6, 6.07) is 8.35. The lowest BCUT2D eigenvalue weighted by molar-refractivity contribution is -0.153. The zero-order chi connectivity index (χ0) is 21.4. The van der Waals surface area contributed by atoms with Gasteiger partial charge in [-0.2, -0.15) is 0 Å². The van der Waals surface area contributed by atoms with E-state index in [4.69, 9.17) is 14.2 Å². The van der Waals surface area contributed by atoms with Crippen LogP contribution in [0.4, 0.5) is 18.9 Å². The van der Waals surface area contributed by atoms with Crippen LogP contribution in [-0.2, 0) is 14.3 Å². The molecule has 0 bridgehead atoms. The second-order valence-electron chi connectivity index (χ2n) is 5.85. The normalized spacial score (nSPS) is 11.5. The van der Waals surface area contributed by atoms with E-state index in [1.165, 1.54) is 6.92 Å². The smallest absolute Gasteiger partial charge is 0.310 e. The summed E-state index contributed by atoms with van der Waals surface area (Å²) in [5.74, 6) is -5.02. The van der Waals surface area contributed by atoms with Gasteiger partial charge in [0.1, 0.15) is 11.5 Å². The molecule has 9 heteroatoms. The van der Waals surface area contributed by atoms with Crippen LogP contribution in [0.15, 0.2) is 36.4 Å². The third-order valence-corrected chi connectivity index (χ3v) is 3.68. The molecule has 2 aromatic rings. The summed E-state index contributed by atoms with van der Waals surface area (Å²) in [6.45, 7) is 3.68. The number of halogens is 3. The predicted molar refractivity (Wildman–Crippen MR) is 98.2 cm³/mol. The van der Waals surface area contributed by atoms with Crippen LogP contribution >= 0.6 is 0 Å². The SMILES string of the molecule is CCOc1ccc(OCCC(=O)OC(C)C(=O)Nc2ccc(F)c(F)c2F)cc1. The molecule has 0 aromatic heterocycles. The Morgan fingerprint density at radius 1 is 0.966 bits per heavy atom. The molecule has 0 fully saturated rings. The van der Waals surface area contributed by atoms with Crippen LogP contribution in [0.25, 0.3) is 0 Å². The van der Waals surface area contributed by atoms with Crippen LogP contribution in [0.2, 0.25) is 0 Å². The van der Waals surface area contributed by atoms with Gasteiger partial charge in [0.05, 0.1) is 25.3 Å². The van der Waals surface area contributed by atoms with E-state index in [1.54, 1.807) is 24.3 Å². The maximum Gasteiger partial charge on any atom is 0.310 e. The summed E-state index contributed by atoms with van der Waals surface area (Å²) >= 11 is 0. The lowest BCUT2D eigenvalue weighted by Crippen LogP contribution is -2.30. The Morgan fingerprint density at radius 2 is 1.59 bits per heavy atom. The summed E-state index contributed by atoms with van der Waals surface area (Å²) in [5, 5.41) is 2.04. The molecule has 0 aliphatic carbocycles. The Labute approximate surface area is 165 Å². The molecular weight excluding hydrogens is 391 g/mol. The van der Waals surface area contributed by atoms with Gasteiger partial charge in [0.15, 0.2) is 23.6 Å². The average Bonchev–Trinajstić information content (AvgIpc) is 2.70. The molecule has 1 amide bonds. The topological polar surface area (TPSA) is 73.9 Å². The number of benzene rings is 2. The van der Waals surface area contributed by atoms with Gasteiger partial charge in [0.2, 0.25) is 0 Å². The van der Waals surface area contributed by atoms with Crippen LogP contribution in [0, 0.1) is 17.5 Å². The number of hydrogen-bond donors (Lipinski definition) is 1. The third kappa shape index (κ3) is 6.41. The largest absolute Gasteiger partial charge is 0.494 e. The summed E-state index contributed by atoms with van der Waals surface area (Å²) < 4.78 is 55.3.